The zero-order valence-corrected chi connectivity index (χ0v) is 14.1. The number of carbonyl (C=O) groups is 1. The zero-order valence-electron chi connectivity index (χ0n) is 13.2. The lowest BCUT2D eigenvalue weighted by Gasteiger charge is -2.31. The largest absolute Gasteiger partial charge is 0.331 e. The highest BCUT2D eigenvalue weighted by Gasteiger charge is 2.27. The summed E-state index contributed by atoms with van der Waals surface area (Å²) in [5.74, 6) is 1.54. The molecule has 1 aliphatic heterocycles. The average Bonchev–Trinajstić information content (AvgIpc) is 3.18. The summed E-state index contributed by atoms with van der Waals surface area (Å²) < 4.78 is 2.21. The number of rotatable bonds is 5. The Labute approximate surface area is 135 Å². The number of imidazole rings is 1. The highest BCUT2D eigenvalue weighted by atomic mass is 32.1. The van der Waals surface area contributed by atoms with Crippen molar-refractivity contribution >= 4 is 17.1 Å². The van der Waals surface area contributed by atoms with E-state index in [1.54, 1.807) is 11.3 Å². The van der Waals surface area contributed by atoms with Gasteiger partial charge in [0.2, 0.25) is 0 Å². The van der Waals surface area contributed by atoms with E-state index in [0.717, 1.165) is 43.2 Å². The first-order chi connectivity index (χ1) is 10.6. The van der Waals surface area contributed by atoms with E-state index in [4.69, 9.17) is 0 Å². The summed E-state index contributed by atoms with van der Waals surface area (Å²) >= 11 is 1.55. The zero-order chi connectivity index (χ0) is 15.5. The van der Waals surface area contributed by atoms with E-state index in [0.29, 0.717) is 11.8 Å². The van der Waals surface area contributed by atoms with Gasteiger partial charge in [-0.1, -0.05) is 6.07 Å². The fourth-order valence-electron chi connectivity index (χ4n) is 3.17. The third-order valence-electron chi connectivity index (χ3n) is 4.31. The monoisotopic (exact) mass is 317 g/mol. The predicted molar refractivity (Wildman–Crippen MR) is 89.3 cm³/mol. The summed E-state index contributed by atoms with van der Waals surface area (Å²) in [6, 6.07) is 4.32. The number of Topliss-reactive ketones (excluding diaryl/α,β-unsaturated/α-hetero) is 1. The molecule has 1 saturated heterocycles. The number of ketones is 1. The second kappa shape index (κ2) is 6.75. The second-order valence-electron chi connectivity index (χ2n) is 6.26. The van der Waals surface area contributed by atoms with Crippen molar-refractivity contribution in [2.75, 3.05) is 13.1 Å². The van der Waals surface area contributed by atoms with Gasteiger partial charge in [0.1, 0.15) is 5.82 Å². The molecule has 3 rings (SSSR count). The lowest BCUT2D eigenvalue weighted by atomic mass is 9.93. The summed E-state index contributed by atoms with van der Waals surface area (Å²) in [7, 11) is 0. The van der Waals surface area contributed by atoms with E-state index in [1.807, 2.05) is 29.9 Å². The van der Waals surface area contributed by atoms with Crippen molar-refractivity contribution in [1.82, 2.24) is 14.5 Å². The van der Waals surface area contributed by atoms with Crippen molar-refractivity contribution in [3.05, 3.63) is 40.6 Å². The third kappa shape index (κ3) is 3.31. The van der Waals surface area contributed by atoms with Crippen LogP contribution in [0.1, 0.15) is 48.2 Å². The van der Waals surface area contributed by atoms with E-state index >= 15 is 0 Å². The maximum Gasteiger partial charge on any atom is 0.177 e. The Morgan fingerprint density at radius 2 is 2.36 bits per heavy atom. The molecule has 2 aromatic rings. The molecule has 0 spiro atoms. The molecule has 22 heavy (non-hydrogen) atoms. The molecule has 0 radical (unpaired) electrons. The van der Waals surface area contributed by atoms with Crippen LogP contribution in [0.25, 0.3) is 0 Å². The summed E-state index contributed by atoms with van der Waals surface area (Å²) in [5, 5.41) is 1.98. The molecule has 1 aliphatic rings. The number of nitrogens with zero attached hydrogens (tertiary/aromatic N) is 3. The molecule has 0 amide bonds. The normalized spacial score (nSPS) is 19.7. The molecule has 0 bridgehead atoms. The summed E-state index contributed by atoms with van der Waals surface area (Å²) in [5.41, 5.74) is 0. The Morgan fingerprint density at radius 1 is 1.50 bits per heavy atom. The lowest BCUT2D eigenvalue weighted by molar-refractivity contribution is 0.0811. The van der Waals surface area contributed by atoms with E-state index in [9.17, 15) is 4.79 Å². The maximum atomic E-state index is 12.5. The van der Waals surface area contributed by atoms with Crippen LogP contribution in [0.5, 0.6) is 0 Å². The Morgan fingerprint density at radius 3 is 3.09 bits per heavy atom. The van der Waals surface area contributed by atoms with Gasteiger partial charge >= 0.3 is 0 Å². The molecule has 0 aliphatic carbocycles. The highest BCUT2D eigenvalue weighted by molar-refractivity contribution is 7.12. The molecule has 0 aromatic carbocycles. The number of thiophene rings is 1. The van der Waals surface area contributed by atoms with Crippen molar-refractivity contribution in [1.29, 1.82) is 0 Å². The van der Waals surface area contributed by atoms with Gasteiger partial charge in [-0.2, -0.15) is 0 Å². The molecule has 1 unspecified atom stereocenters. The minimum Gasteiger partial charge on any atom is -0.331 e. The van der Waals surface area contributed by atoms with Crippen LogP contribution < -0.4 is 0 Å². The van der Waals surface area contributed by atoms with Crippen molar-refractivity contribution in [2.24, 2.45) is 5.92 Å². The molecule has 1 fully saturated rings. The fourth-order valence-corrected chi connectivity index (χ4v) is 3.91. The van der Waals surface area contributed by atoms with E-state index < -0.39 is 0 Å². The molecule has 2 aromatic heterocycles. The first-order valence-electron chi connectivity index (χ1n) is 7.97. The highest BCUT2D eigenvalue weighted by Crippen LogP contribution is 2.24. The predicted octanol–water partition coefficient (Wildman–Crippen LogP) is 3.62. The third-order valence-corrected chi connectivity index (χ3v) is 5.19. The Kier molecular flexibility index (Phi) is 4.74. The lowest BCUT2D eigenvalue weighted by Crippen LogP contribution is -2.38. The molecule has 0 saturated carbocycles. The number of likely N-dealkylation sites (tertiary alicyclic amines) is 1. The quantitative estimate of drug-likeness (QED) is 0.791. The number of hydrogen-bond acceptors (Lipinski definition) is 4. The summed E-state index contributed by atoms with van der Waals surface area (Å²) in [4.78, 5) is 20.3. The minimum absolute atomic E-state index is 0.134. The average molecular weight is 317 g/mol. The van der Waals surface area contributed by atoms with E-state index in [1.165, 1.54) is 0 Å². The van der Waals surface area contributed by atoms with Crippen LogP contribution in [0.2, 0.25) is 0 Å². The number of carbonyl (C=O) groups excluding carboxylic acids is 1. The van der Waals surface area contributed by atoms with Gasteiger partial charge in [-0.3, -0.25) is 9.69 Å². The number of hydrogen-bond donors (Lipinski definition) is 0. The second-order valence-corrected chi connectivity index (χ2v) is 7.21. The van der Waals surface area contributed by atoms with Crippen molar-refractivity contribution in [2.45, 2.75) is 39.3 Å². The SMILES string of the molecule is CC(C)n1ccnc1CN1CCCC(C(=O)c2cccs2)C1. The topological polar surface area (TPSA) is 38.1 Å². The van der Waals surface area contributed by atoms with Crippen molar-refractivity contribution in [3.63, 3.8) is 0 Å². The van der Waals surface area contributed by atoms with E-state index in [2.05, 4.69) is 28.3 Å². The number of piperidine rings is 1. The van der Waals surface area contributed by atoms with Crippen LogP contribution in [0, 0.1) is 5.92 Å². The van der Waals surface area contributed by atoms with Gasteiger partial charge in [-0.05, 0) is 44.7 Å². The molecule has 118 valence electrons. The molecule has 0 N–H and O–H groups in total. The van der Waals surface area contributed by atoms with E-state index in [-0.39, 0.29) is 5.92 Å². The van der Waals surface area contributed by atoms with Gasteiger partial charge in [0.05, 0.1) is 11.4 Å². The first kappa shape index (κ1) is 15.4. The Hall–Kier alpha value is -1.46. The van der Waals surface area contributed by atoms with Gasteiger partial charge in [-0.25, -0.2) is 4.98 Å². The standard InChI is InChI=1S/C17H23N3OS/c1-13(2)20-9-7-18-16(20)12-19-8-3-5-14(11-19)17(21)15-6-4-10-22-15/h4,6-7,9-10,13-14H,3,5,8,11-12H2,1-2H3. The Bertz CT molecular complexity index is 618. The van der Waals surface area contributed by atoms with Crippen LogP contribution in [0.4, 0.5) is 0 Å². The Balaban J connectivity index is 1.66. The van der Waals surface area contributed by atoms with Crippen molar-refractivity contribution < 1.29 is 4.79 Å². The summed E-state index contributed by atoms with van der Waals surface area (Å²) in [6.07, 6.45) is 6.00. The van der Waals surface area contributed by atoms with Crippen LogP contribution >= 0.6 is 11.3 Å². The van der Waals surface area contributed by atoms with Crippen LogP contribution in [-0.2, 0) is 6.54 Å². The van der Waals surface area contributed by atoms with Crippen LogP contribution in [0.3, 0.4) is 0 Å². The maximum absolute atomic E-state index is 12.5. The molecular formula is C17H23N3OS. The van der Waals surface area contributed by atoms with Crippen LogP contribution in [-0.4, -0.2) is 33.3 Å². The molecule has 5 heteroatoms. The van der Waals surface area contributed by atoms with Crippen LogP contribution in [0.15, 0.2) is 29.9 Å². The number of aromatic nitrogens is 2. The smallest absolute Gasteiger partial charge is 0.177 e. The molecular weight excluding hydrogens is 294 g/mol. The van der Waals surface area contributed by atoms with Crippen molar-refractivity contribution in [3.8, 4) is 0 Å². The van der Waals surface area contributed by atoms with Gasteiger partial charge in [0, 0.05) is 30.9 Å². The first-order valence-corrected chi connectivity index (χ1v) is 8.85. The molecule has 1 atom stereocenters. The van der Waals surface area contributed by atoms with Gasteiger partial charge < -0.3 is 4.57 Å². The fraction of sp³-hybridized carbons (Fsp3) is 0.529. The molecule has 3 heterocycles. The summed E-state index contributed by atoms with van der Waals surface area (Å²) in [6.45, 7) is 7.08. The van der Waals surface area contributed by atoms with Gasteiger partial charge in [-0.15, -0.1) is 11.3 Å². The minimum atomic E-state index is 0.134. The molecule has 4 nitrogen and oxygen atoms in total. The van der Waals surface area contributed by atoms with Gasteiger partial charge in [0.15, 0.2) is 5.78 Å². The van der Waals surface area contributed by atoms with Gasteiger partial charge in [0.25, 0.3) is 0 Å².